The van der Waals surface area contributed by atoms with Gasteiger partial charge in [0.15, 0.2) is 0 Å². The monoisotopic (exact) mass is 273 g/mol. The number of aromatic nitrogens is 3. The Kier molecular flexibility index (Phi) is 2.81. The average molecular weight is 274 g/mol. The summed E-state index contributed by atoms with van der Waals surface area (Å²) in [6.07, 6.45) is 1.77. The van der Waals surface area contributed by atoms with Crippen molar-refractivity contribution < 1.29 is 0 Å². The van der Waals surface area contributed by atoms with E-state index in [-0.39, 0.29) is 0 Å². The van der Waals surface area contributed by atoms with Crippen LogP contribution in [0.2, 0.25) is 5.15 Å². The number of rotatable bonds is 1. The Morgan fingerprint density at radius 1 is 1.11 bits per heavy atom. The Hall–Kier alpha value is -1.78. The molecule has 0 aliphatic carbocycles. The molecule has 0 saturated carbocycles. The van der Waals surface area contributed by atoms with E-state index in [9.17, 15) is 0 Å². The van der Waals surface area contributed by atoms with Crippen molar-refractivity contribution in [2.45, 2.75) is 0 Å². The molecule has 0 amide bonds. The molecule has 88 valence electrons. The van der Waals surface area contributed by atoms with Crippen LogP contribution in [0.3, 0.4) is 0 Å². The van der Waals surface area contributed by atoms with E-state index in [1.807, 2.05) is 30.3 Å². The van der Waals surface area contributed by atoms with Gasteiger partial charge >= 0.3 is 0 Å². The maximum absolute atomic E-state index is 5.91. The Balaban J connectivity index is 2.38. The van der Waals surface area contributed by atoms with Crippen LogP contribution in [0.15, 0.2) is 42.6 Å². The highest BCUT2D eigenvalue weighted by molar-refractivity contribution is 7.71. The minimum Gasteiger partial charge on any atom is -0.266 e. The predicted molar refractivity (Wildman–Crippen MR) is 75.2 cm³/mol. The van der Waals surface area contributed by atoms with E-state index < -0.39 is 0 Å². The summed E-state index contributed by atoms with van der Waals surface area (Å²) in [5.41, 5.74) is 2.70. The summed E-state index contributed by atoms with van der Waals surface area (Å²) in [5.74, 6) is 0. The van der Waals surface area contributed by atoms with Gasteiger partial charge in [-0.1, -0.05) is 48.1 Å². The zero-order chi connectivity index (χ0) is 12.5. The van der Waals surface area contributed by atoms with Gasteiger partial charge in [0.05, 0.1) is 5.52 Å². The lowest BCUT2D eigenvalue weighted by Gasteiger charge is -2.05. The van der Waals surface area contributed by atoms with E-state index in [2.05, 4.69) is 15.2 Å². The summed E-state index contributed by atoms with van der Waals surface area (Å²) >= 11 is 11.2. The second kappa shape index (κ2) is 4.48. The highest BCUT2D eigenvalue weighted by Crippen LogP contribution is 2.28. The highest BCUT2D eigenvalue weighted by Gasteiger charge is 2.07. The summed E-state index contributed by atoms with van der Waals surface area (Å²) in [5, 5.41) is 8.05. The zero-order valence-electron chi connectivity index (χ0n) is 9.22. The molecule has 0 aliphatic rings. The summed E-state index contributed by atoms with van der Waals surface area (Å²) in [6, 6.07) is 11.6. The van der Waals surface area contributed by atoms with Crippen LogP contribution in [0.4, 0.5) is 0 Å². The van der Waals surface area contributed by atoms with Gasteiger partial charge < -0.3 is 0 Å². The van der Waals surface area contributed by atoms with Crippen LogP contribution in [0.5, 0.6) is 0 Å². The summed E-state index contributed by atoms with van der Waals surface area (Å²) < 4.78 is 0.553. The number of pyridine rings is 1. The molecule has 0 bridgehead atoms. The van der Waals surface area contributed by atoms with Crippen molar-refractivity contribution in [3.63, 3.8) is 0 Å². The molecule has 5 heteroatoms. The van der Waals surface area contributed by atoms with Crippen molar-refractivity contribution in [3.8, 4) is 11.1 Å². The summed E-state index contributed by atoms with van der Waals surface area (Å²) in [6.45, 7) is 0. The van der Waals surface area contributed by atoms with Gasteiger partial charge in [-0.3, -0.25) is 10.1 Å². The second-order valence-corrected chi connectivity index (χ2v) is 4.61. The molecule has 3 rings (SSSR count). The molecule has 0 radical (unpaired) electrons. The lowest BCUT2D eigenvalue weighted by Crippen LogP contribution is -1.90. The fourth-order valence-corrected chi connectivity index (χ4v) is 2.27. The standard InChI is InChI=1S/C13H8ClN3S/c14-11-7-10(13(18)17-16-11)9-5-1-3-8-4-2-6-15-12(8)9/h1-7H,(H,17,18). The van der Waals surface area contributed by atoms with Gasteiger partial charge in [0.25, 0.3) is 0 Å². The molecule has 18 heavy (non-hydrogen) atoms. The van der Waals surface area contributed by atoms with Crippen molar-refractivity contribution in [2.75, 3.05) is 0 Å². The van der Waals surface area contributed by atoms with E-state index in [1.165, 1.54) is 0 Å². The molecule has 2 heterocycles. The number of nitrogens with one attached hydrogen (secondary N) is 1. The third-order valence-electron chi connectivity index (χ3n) is 2.70. The molecule has 0 spiro atoms. The van der Waals surface area contributed by atoms with Gasteiger partial charge in [0, 0.05) is 22.7 Å². The number of nitrogens with zero attached hydrogens (tertiary/aromatic N) is 2. The van der Waals surface area contributed by atoms with Gasteiger partial charge in [-0.25, -0.2) is 0 Å². The van der Waals surface area contributed by atoms with Gasteiger partial charge in [-0.05, 0) is 12.1 Å². The molecular formula is C13H8ClN3S. The maximum Gasteiger partial charge on any atom is 0.150 e. The van der Waals surface area contributed by atoms with Crippen molar-refractivity contribution >= 4 is 34.7 Å². The predicted octanol–water partition coefficient (Wildman–Crippen LogP) is 4.01. The molecule has 1 N–H and O–H groups in total. The van der Waals surface area contributed by atoms with E-state index in [0.717, 1.165) is 22.0 Å². The Labute approximate surface area is 113 Å². The van der Waals surface area contributed by atoms with Crippen LogP contribution in [-0.2, 0) is 0 Å². The van der Waals surface area contributed by atoms with Crippen molar-refractivity contribution in [1.29, 1.82) is 0 Å². The normalized spacial score (nSPS) is 10.7. The topological polar surface area (TPSA) is 41.6 Å². The molecule has 0 unspecified atom stereocenters. The minimum atomic E-state index is 0.381. The SMILES string of the molecule is S=c1[nH]nc(Cl)cc1-c1cccc2cccnc12. The van der Waals surface area contributed by atoms with E-state index in [4.69, 9.17) is 23.8 Å². The molecule has 0 aliphatic heterocycles. The van der Waals surface area contributed by atoms with Crippen molar-refractivity contribution in [3.05, 3.63) is 52.4 Å². The Morgan fingerprint density at radius 2 is 1.94 bits per heavy atom. The van der Waals surface area contributed by atoms with E-state index in [0.29, 0.717) is 9.79 Å². The molecule has 1 aromatic carbocycles. The fraction of sp³-hybridized carbons (Fsp3) is 0. The summed E-state index contributed by atoms with van der Waals surface area (Å²) in [4.78, 5) is 4.40. The fourth-order valence-electron chi connectivity index (χ4n) is 1.90. The van der Waals surface area contributed by atoms with Crippen LogP contribution >= 0.6 is 23.8 Å². The molecule has 0 atom stereocenters. The lowest BCUT2D eigenvalue weighted by molar-refractivity contribution is 1.02. The average Bonchev–Trinajstić information content (AvgIpc) is 2.41. The smallest absolute Gasteiger partial charge is 0.150 e. The largest absolute Gasteiger partial charge is 0.266 e. The second-order valence-electron chi connectivity index (χ2n) is 3.81. The number of aromatic amines is 1. The molecule has 2 aromatic heterocycles. The van der Waals surface area contributed by atoms with Gasteiger partial charge in [0.1, 0.15) is 9.79 Å². The van der Waals surface area contributed by atoms with Crippen LogP contribution in [-0.4, -0.2) is 15.2 Å². The first-order valence-electron chi connectivity index (χ1n) is 5.35. The van der Waals surface area contributed by atoms with E-state index >= 15 is 0 Å². The number of hydrogen-bond acceptors (Lipinski definition) is 3. The first kappa shape index (κ1) is 11.3. The maximum atomic E-state index is 5.91. The van der Waals surface area contributed by atoms with Crippen LogP contribution in [0.1, 0.15) is 0 Å². The number of hydrogen-bond donors (Lipinski definition) is 1. The molecule has 3 nitrogen and oxygen atoms in total. The number of para-hydroxylation sites is 1. The molecule has 0 saturated heterocycles. The van der Waals surface area contributed by atoms with Crippen molar-refractivity contribution in [2.24, 2.45) is 0 Å². The first-order chi connectivity index (χ1) is 8.75. The first-order valence-corrected chi connectivity index (χ1v) is 6.14. The highest BCUT2D eigenvalue weighted by atomic mass is 35.5. The van der Waals surface area contributed by atoms with Gasteiger partial charge in [0.2, 0.25) is 0 Å². The quantitative estimate of drug-likeness (QED) is 0.681. The molecule has 3 aromatic rings. The van der Waals surface area contributed by atoms with Crippen LogP contribution in [0.25, 0.3) is 22.0 Å². The van der Waals surface area contributed by atoms with Crippen molar-refractivity contribution in [1.82, 2.24) is 15.2 Å². The van der Waals surface area contributed by atoms with E-state index in [1.54, 1.807) is 12.3 Å². The third-order valence-corrected chi connectivity index (χ3v) is 3.20. The minimum absolute atomic E-state index is 0.381. The molecular weight excluding hydrogens is 266 g/mol. The number of benzene rings is 1. The Morgan fingerprint density at radius 3 is 2.83 bits per heavy atom. The van der Waals surface area contributed by atoms with Crippen LogP contribution in [0, 0.1) is 4.64 Å². The number of halogens is 1. The van der Waals surface area contributed by atoms with Crippen LogP contribution < -0.4 is 0 Å². The lowest BCUT2D eigenvalue weighted by atomic mass is 10.0. The zero-order valence-corrected chi connectivity index (χ0v) is 10.8. The number of fused-ring (bicyclic) bond motifs is 1. The Bertz CT molecular complexity index is 777. The molecule has 0 fully saturated rings. The summed E-state index contributed by atoms with van der Waals surface area (Å²) in [7, 11) is 0. The van der Waals surface area contributed by atoms with Gasteiger partial charge in [-0.2, -0.15) is 5.10 Å². The third kappa shape index (κ3) is 1.89. The van der Waals surface area contributed by atoms with Gasteiger partial charge in [-0.15, -0.1) is 0 Å². The number of H-pyrrole nitrogens is 1.